The minimum atomic E-state index is -0.868. The van der Waals surface area contributed by atoms with Gasteiger partial charge in [0.15, 0.2) is 7.98 Å². The van der Waals surface area contributed by atoms with E-state index in [2.05, 4.69) is 7.98 Å². The van der Waals surface area contributed by atoms with E-state index in [4.69, 9.17) is 5.73 Å². The number of halogens is 1. The van der Waals surface area contributed by atoms with Gasteiger partial charge in [0.25, 0.3) is 0 Å². The van der Waals surface area contributed by atoms with Crippen molar-refractivity contribution < 1.29 is 4.39 Å². The minimum Gasteiger partial charge on any atom is -0.347 e. The predicted molar refractivity (Wildman–Crippen MR) is 31.6 cm³/mol. The van der Waals surface area contributed by atoms with E-state index in [1.54, 1.807) is 4.81 Å². The van der Waals surface area contributed by atoms with E-state index in [1.165, 1.54) is 0 Å². The highest BCUT2D eigenvalue weighted by atomic mass is 19.1. The fourth-order valence-corrected chi connectivity index (χ4v) is 0.869. The molecule has 0 aromatic carbocycles. The molecule has 0 amide bonds. The second-order valence-electron chi connectivity index (χ2n) is 2.22. The summed E-state index contributed by atoms with van der Waals surface area (Å²) in [5.74, 6) is 0. The number of rotatable bonds is 0. The van der Waals surface area contributed by atoms with Crippen LogP contribution in [0.4, 0.5) is 4.39 Å². The lowest BCUT2D eigenvalue weighted by Gasteiger charge is -2.02. The van der Waals surface area contributed by atoms with Gasteiger partial charge >= 0.3 is 0 Å². The van der Waals surface area contributed by atoms with Gasteiger partial charge < -0.3 is 10.5 Å². The smallest absolute Gasteiger partial charge is 0.186 e. The van der Waals surface area contributed by atoms with Gasteiger partial charge in [-0.1, -0.05) is 0 Å². The molecule has 0 saturated carbocycles. The predicted octanol–water partition coefficient (Wildman–Crippen LogP) is -1.22. The lowest BCUT2D eigenvalue weighted by Crippen LogP contribution is -2.30. The van der Waals surface area contributed by atoms with Gasteiger partial charge in [0.1, 0.15) is 6.17 Å². The average molecular weight is 115 g/mol. The third-order valence-corrected chi connectivity index (χ3v) is 1.37. The maximum absolute atomic E-state index is 12.4. The lowest BCUT2D eigenvalue weighted by atomic mass is 10.2. The maximum Gasteiger partial charge on any atom is 0.186 e. The molecule has 1 fully saturated rings. The van der Waals surface area contributed by atoms with Crippen molar-refractivity contribution in [2.45, 2.75) is 12.2 Å². The molecule has 8 heavy (non-hydrogen) atoms. The minimum absolute atomic E-state index is 0.313. The Labute approximate surface area is 49.3 Å². The summed E-state index contributed by atoms with van der Waals surface area (Å²) in [5.41, 5.74) is 5.31. The third-order valence-electron chi connectivity index (χ3n) is 1.37. The van der Waals surface area contributed by atoms with Crippen LogP contribution in [0.15, 0.2) is 0 Å². The summed E-state index contributed by atoms with van der Waals surface area (Å²) in [6, 6.07) is -0.313. The molecule has 1 rings (SSSR count). The number of alkyl halides is 1. The van der Waals surface area contributed by atoms with Gasteiger partial charge in [0.05, 0.1) is 0 Å². The zero-order valence-electron chi connectivity index (χ0n) is 4.68. The Balaban J connectivity index is 2.39. The Morgan fingerprint density at radius 3 is 2.38 bits per heavy atom. The number of nitrogens with zero attached hydrogens (tertiary/aromatic N) is 1. The van der Waals surface area contributed by atoms with E-state index in [9.17, 15) is 4.39 Å². The first-order valence-corrected chi connectivity index (χ1v) is 2.65. The molecule has 1 heterocycles. The topological polar surface area (TPSA) is 29.3 Å². The zero-order valence-corrected chi connectivity index (χ0v) is 4.68. The quantitative estimate of drug-likeness (QED) is 0.401. The van der Waals surface area contributed by atoms with Gasteiger partial charge in [0.2, 0.25) is 0 Å². The van der Waals surface area contributed by atoms with Gasteiger partial charge in [-0.2, -0.15) is 0 Å². The summed E-state index contributed by atoms with van der Waals surface area (Å²) in [4.78, 5) is 1.65. The van der Waals surface area contributed by atoms with Crippen molar-refractivity contribution in [1.82, 2.24) is 4.81 Å². The molecule has 1 aliphatic heterocycles. The first-order chi connectivity index (χ1) is 3.70. The van der Waals surface area contributed by atoms with Crippen LogP contribution in [0.1, 0.15) is 0 Å². The third kappa shape index (κ3) is 1.01. The van der Waals surface area contributed by atoms with Crippen LogP contribution in [0.2, 0.25) is 0 Å². The Bertz CT molecular complexity index is 80.1. The van der Waals surface area contributed by atoms with E-state index in [0.29, 0.717) is 13.1 Å². The molecular formula is C4H9BFN2. The van der Waals surface area contributed by atoms with Crippen molar-refractivity contribution in [2.24, 2.45) is 5.73 Å². The molecule has 1 saturated heterocycles. The van der Waals surface area contributed by atoms with Crippen molar-refractivity contribution >= 4 is 7.98 Å². The summed E-state index contributed by atoms with van der Waals surface area (Å²) >= 11 is 0. The van der Waals surface area contributed by atoms with E-state index in [-0.39, 0.29) is 6.04 Å². The first-order valence-electron chi connectivity index (χ1n) is 2.65. The van der Waals surface area contributed by atoms with Gasteiger partial charge in [-0.25, -0.2) is 4.39 Å². The standard InChI is InChI=1S/C4H9BFN2/c5-8-1-3(6)4(7)2-8/h3-5H,1-2,7H2. The molecule has 1 aliphatic rings. The molecule has 0 aromatic rings. The molecule has 2 N–H and O–H groups in total. The molecule has 0 bridgehead atoms. The SMILES string of the molecule is [BH]N1CC(N)C(F)C1. The second kappa shape index (κ2) is 2.03. The fourth-order valence-electron chi connectivity index (χ4n) is 0.869. The van der Waals surface area contributed by atoms with Crippen LogP contribution in [0.5, 0.6) is 0 Å². The molecule has 0 aromatic heterocycles. The molecule has 2 atom stereocenters. The van der Waals surface area contributed by atoms with Crippen molar-refractivity contribution in [1.29, 1.82) is 0 Å². The molecule has 45 valence electrons. The van der Waals surface area contributed by atoms with Gasteiger partial charge in [-0.05, 0) is 0 Å². The fraction of sp³-hybridized carbons (Fsp3) is 1.00. The largest absolute Gasteiger partial charge is 0.347 e. The number of nitrogens with two attached hydrogens (primary N) is 1. The highest BCUT2D eigenvalue weighted by Gasteiger charge is 2.26. The van der Waals surface area contributed by atoms with Crippen molar-refractivity contribution in [3.05, 3.63) is 0 Å². The van der Waals surface area contributed by atoms with Crippen LogP contribution in [0.25, 0.3) is 0 Å². The van der Waals surface area contributed by atoms with Crippen LogP contribution in [-0.4, -0.2) is 38.1 Å². The molecule has 0 aliphatic carbocycles. The Hall–Kier alpha value is -0.0851. The lowest BCUT2D eigenvalue weighted by molar-refractivity contribution is 0.324. The zero-order chi connectivity index (χ0) is 6.15. The summed E-state index contributed by atoms with van der Waals surface area (Å²) in [6.07, 6.45) is -0.868. The summed E-state index contributed by atoms with van der Waals surface area (Å²) < 4.78 is 12.4. The molecule has 2 unspecified atom stereocenters. The molecular weight excluding hydrogens is 106 g/mol. The van der Waals surface area contributed by atoms with Crippen molar-refractivity contribution in [2.75, 3.05) is 13.1 Å². The second-order valence-corrected chi connectivity index (χ2v) is 2.22. The Kier molecular flexibility index (Phi) is 1.53. The maximum atomic E-state index is 12.4. The van der Waals surface area contributed by atoms with Crippen molar-refractivity contribution in [3.8, 4) is 0 Å². The number of hydrogen-bond donors (Lipinski definition) is 1. The normalized spacial score (nSPS) is 40.8. The molecule has 0 spiro atoms. The van der Waals surface area contributed by atoms with E-state index in [1.807, 2.05) is 0 Å². The average Bonchev–Trinajstić information content (AvgIpc) is 1.85. The van der Waals surface area contributed by atoms with Crippen LogP contribution < -0.4 is 5.73 Å². The molecule has 4 heteroatoms. The summed E-state index contributed by atoms with van der Waals surface area (Å²) in [7, 11) is 3.55. The highest BCUT2D eigenvalue weighted by molar-refractivity contribution is 6.04. The van der Waals surface area contributed by atoms with E-state index in [0.717, 1.165) is 0 Å². The summed E-state index contributed by atoms with van der Waals surface area (Å²) in [6.45, 7) is 0.975. The van der Waals surface area contributed by atoms with E-state index < -0.39 is 6.17 Å². The molecule has 2 nitrogen and oxygen atoms in total. The van der Waals surface area contributed by atoms with Crippen LogP contribution in [-0.2, 0) is 0 Å². The highest BCUT2D eigenvalue weighted by Crippen LogP contribution is 2.07. The monoisotopic (exact) mass is 115 g/mol. The van der Waals surface area contributed by atoms with Crippen molar-refractivity contribution in [3.63, 3.8) is 0 Å². The Morgan fingerprint density at radius 1 is 1.62 bits per heavy atom. The van der Waals surface area contributed by atoms with Crippen LogP contribution >= 0.6 is 0 Å². The Morgan fingerprint density at radius 2 is 2.25 bits per heavy atom. The summed E-state index contributed by atoms with van der Waals surface area (Å²) in [5, 5.41) is 0. The number of hydrogen-bond acceptors (Lipinski definition) is 2. The molecule has 1 radical (unpaired) electrons. The van der Waals surface area contributed by atoms with Crippen LogP contribution in [0, 0.1) is 0 Å². The van der Waals surface area contributed by atoms with Crippen LogP contribution in [0.3, 0.4) is 0 Å². The van der Waals surface area contributed by atoms with Gasteiger partial charge in [-0.15, -0.1) is 0 Å². The van der Waals surface area contributed by atoms with Gasteiger partial charge in [0, 0.05) is 19.1 Å². The van der Waals surface area contributed by atoms with E-state index >= 15 is 0 Å². The van der Waals surface area contributed by atoms with Gasteiger partial charge in [-0.3, -0.25) is 0 Å². The first kappa shape index (κ1) is 6.04.